The third kappa shape index (κ3) is 41.7. The monoisotopic (exact) mass is 798 g/mol. The van der Waals surface area contributed by atoms with E-state index in [2.05, 4.69) is 50.3 Å². The molecule has 0 fully saturated rings. The summed E-state index contributed by atoms with van der Waals surface area (Å²) in [6.45, 7) is 3.70. The Balaban J connectivity index is 4.14. The van der Waals surface area contributed by atoms with Crippen molar-refractivity contribution < 1.29 is 37.6 Å². The number of nitrogens with two attached hydrogens (primary N) is 1. The number of allylic oxidation sites excluding steroid dienone is 6. The Morgan fingerprint density at radius 2 is 0.945 bits per heavy atom. The summed E-state index contributed by atoms with van der Waals surface area (Å²) in [6.07, 6.45) is 46.0. The van der Waals surface area contributed by atoms with Gasteiger partial charge < -0.3 is 20.1 Å². The van der Waals surface area contributed by atoms with Crippen molar-refractivity contribution in [3.8, 4) is 0 Å². The van der Waals surface area contributed by atoms with Gasteiger partial charge >= 0.3 is 19.8 Å². The van der Waals surface area contributed by atoms with E-state index in [0.717, 1.165) is 70.6 Å². The average molecular weight is 798 g/mol. The van der Waals surface area contributed by atoms with E-state index in [1.54, 1.807) is 0 Å². The van der Waals surface area contributed by atoms with Gasteiger partial charge in [0.2, 0.25) is 0 Å². The van der Waals surface area contributed by atoms with Crippen LogP contribution in [0.2, 0.25) is 0 Å². The van der Waals surface area contributed by atoms with Crippen molar-refractivity contribution >= 4 is 19.8 Å². The number of rotatable bonds is 42. The number of hydrogen-bond donors (Lipinski definition) is 2. The van der Waals surface area contributed by atoms with Crippen LogP contribution in [-0.2, 0) is 32.7 Å². The van der Waals surface area contributed by atoms with Crippen LogP contribution in [0.5, 0.6) is 0 Å². The molecule has 0 heterocycles. The fourth-order valence-electron chi connectivity index (χ4n) is 6.13. The summed E-state index contributed by atoms with van der Waals surface area (Å²) in [7, 11) is -4.38. The summed E-state index contributed by atoms with van der Waals surface area (Å²) in [5, 5.41) is 0. The molecule has 0 saturated heterocycles. The number of carbonyl (C=O) groups excluding carboxylic acids is 2. The predicted molar refractivity (Wildman–Crippen MR) is 229 cm³/mol. The van der Waals surface area contributed by atoms with Crippen molar-refractivity contribution in [2.24, 2.45) is 5.73 Å². The van der Waals surface area contributed by atoms with Crippen LogP contribution < -0.4 is 5.73 Å². The summed E-state index contributed by atoms with van der Waals surface area (Å²) < 4.78 is 32.8. The molecular weight excluding hydrogens is 713 g/mol. The Kier molecular flexibility index (Phi) is 40.5. The molecule has 55 heavy (non-hydrogen) atoms. The van der Waals surface area contributed by atoms with Gasteiger partial charge in [0.1, 0.15) is 6.61 Å². The molecule has 0 spiro atoms. The van der Waals surface area contributed by atoms with Gasteiger partial charge in [-0.2, -0.15) is 0 Å². The van der Waals surface area contributed by atoms with Gasteiger partial charge in [-0.15, -0.1) is 0 Å². The summed E-state index contributed by atoms with van der Waals surface area (Å²) in [6, 6.07) is 0. The van der Waals surface area contributed by atoms with Crippen LogP contribution in [0.25, 0.3) is 0 Å². The highest BCUT2D eigenvalue weighted by Crippen LogP contribution is 2.43. The summed E-state index contributed by atoms with van der Waals surface area (Å²) in [5.41, 5.74) is 5.35. The molecule has 0 aromatic rings. The van der Waals surface area contributed by atoms with Crippen molar-refractivity contribution in [3.63, 3.8) is 0 Å². The highest BCUT2D eigenvalue weighted by atomic mass is 31.2. The number of ether oxygens (including phenoxy) is 2. The van der Waals surface area contributed by atoms with Crippen LogP contribution in [0, 0.1) is 0 Å². The van der Waals surface area contributed by atoms with E-state index in [9.17, 15) is 19.0 Å². The number of phosphoric acid groups is 1. The molecule has 0 amide bonds. The van der Waals surface area contributed by atoms with E-state index in [1.165, 1.54) is 103 Å². The number of phosphoric ester groups is 1. The van der Waals surface area contributed by atoms with Gasteiger partial charge in [-0.3, -0.25) is 18.6 Å². The van der Waals surface area contributed by atoms with Crippen LogP contribution in [0.3, 0.4) is 0 Å². The molecule has 0 aromatic carbocycles. The van der Waals surface area contributed by atoms with E-state index in [1.807, 2.05) is 0 Å². The maximum Gasteiger partial charge on any atom is 0.472 e. The fourth-order valence-corrected chi connectivity index (χ4v) is 6.89. The molecule has 0 saturated carbocycles. The SMILES string of the molecule is CCCCC/C=C/C/C=C/CCCCCCCCCCCC(=O)O[C@H](COC(=O)CCCCCCC/C=C/CCCCCCCC)COP(=O)(O)OCCN. The smallest absolute Gasteiger partial charge is 0.462 e. The highest BCUT2D eigenvalue weighted by Gasteiger charge is 2.26. The molecule has 0 aliphatic carbocycles. The average Bonchev–Trinajstić information content (AvgIpc) is 3.17. The second kappa shape index (κ2) is 41.9. The van der Waals surface area contributed by atoms with Crippen LogP contribution in [0.1, 0.15) is 206 Å². The van der Waals surface area contributed by atoms with Crippen LogP contribution in [-0.4, -0.2) is 49.3 Å². The molecular formula is C45H84NO8P. The van der Waals surface area contributed by atoms with E-state index >= 15 is 0 Å². The standard InChI is InChI=1S/C45H84NO8P/c1-3-5-7-9-11-13-15-17-19-20-21-22-24-26-28-30-32-34-36-38-45(48)54-43(42-53-55(49,50)52-40-39-46)41-51-44(47)37-35-33-31-29-27-25-23-18-16-14-12-10-8-6-4-2/h11,13,17-19,23,43H,3-10,12,14-16,20-22,24-42,46H2,1-2H3,(H,49,50)/b13-11+,19-17+,23-18+/t43-/m1/s1. The van der Waals surface area contributed by atoms with Gasteiger partial charge in [-0.1, -0.05) is 159 Å². The van der Waals surface area contributed by atoms with Gasteiger partial charge in [-0.05, 0) is 70.6 Å². The maximum absolute atomic E-state index is 12.6. The molecule has 322 valence electrons. The molecule has 2 atom stereocenters. The van der Waals surface area contributed by atoms with Gasteiger partial charge in [0.05, 0.1) is 13.2 Å². The Hall–Kier alpha value is -1.77. The molecule has 0 bridgehead atoms. The third-order valence-electron chi connectivity index (χ3n) is 9.50. The minimum absolute atomic E-state index is 0.0515. The first-order valence-corrected chi connectivity index (χ1v) is 24.0. The molecule has 0 aliphatic heterocycles. The van der Waals surface area contributed by atoms with Crippen LogP contribution in [0.15, 0.2) is 36.5 Å². The van der Waals surface area contributed by atoms with Crippen molar-refractivity contribution in [1.29, 1.82) is 0 Å². The predicted octanol–water partition coefficient (Wildman–Crippen LogP) is 12.9. The normalized spacial score (nSPS) is 13.6. The minimum Gasteiger partial charge on any atom is -0.462 e. The number of unbranched alkanes of at least 4 members (excludes halogenated alkanes) is 23. The number of carbonyl (C=O) groups is 2. The first kappa shape index (κ1) is 53.2. The first-order chi connectivity index (χ1) is 26.8. The lowest BCUT2D eigenvalue weighted by molar-refractivity contribution is -0.161. The lowest BCUT2D eigenvalue weighted by Crippen LogP contribution is -2.29. The Labute approximate surface area is 337 Å². The Morgan fingerprint density at radius 3 is 1.44 bits per heavy atom. The highest BCUT2D eigenvalue weighted by molar-refractivity contribution is 7.47. The molecule has 10 heteroatoms. The van der Waals surface area contributed by atoms with E-state index in [4.69, 9.17) is 24.3 Å². The largest absolute Gasteiger partial charge is 0.472 e. The lowest BCUT2D eigenvalue weighted by atomic mass is 10.1. The maximum atomic E-state index is 12.6. The van der Waals surface area contributed by atoms with Gasteiger partial charge in [-0.25, -0.2) is 4.57 Å². The second-order valence-corrected chi connectivity index (χ2v) is 16.4. The summed E-state index contributed by atoms with van der Waals surface area (Å²) in [4.78, 5) is 34.9. The van der Waals surface area contributed by atoms with Crippen molar-refractivity contribution in [3.05, 3.63) is 36.5 Å². The molecule has 0 aromatic heterocycles. The zero-order valence-corrected chi connectivity index (χ0v) is 36.3. The van der Waals surface area contributed by atoms with E-state index in [-0.39, 0.29) is 32.6 Å². The summed E-state index contributed by atoms with van der Waals surface area (Å²) in [5.74, 6) is -0.840. The third-order valence-corrected chi connectivity index (χ3v) is 10.5. The van der Waals surface area contributed by atoms with Crippen LogP contribution >= 0.6 is 7.82 Å². The zero-order valence-electron chi connectivity index (χ0n) is 35.4. The van der Waals surface area contributed by atoms with Crippen molar-refractivity contribution in [1.82, 2.24) is 0 Å². The molecule has 9 nitrogen and oxygen atoms in total. The first-order valence-electron chi connectivity index (χ1n) is 22.5. The molecule has 0 aliphatic rings. The van der Waals surface area contributed by atoms with Gasteiger partial charge in [0.15, 0.2) is 6.10 Å². The quantitative estimate of drug-likeness (QED) is 0.0268. The van der Waals surface area contributed by atoms with Gasteiger partial charge in [0, 0.05) is 19.4 Å². The lowest BCUT2D eigenvalue weighted by Gasteiger charge is -2.19. The molecule has 3 N–H and O–H groups in total. The van der Waals surface area contributed by atoms with Crippen LogP contribution in [0.4, 0.5) is 0 Å². The second-order valence-electron chi connectivity index (χ2n) is 14.9. The fraction of sp³-hybridized carbons (Fsp3) is 0.822. The number of hydrogen-bond acceptors (Lipinski definition) is 8. The Morgan fingerprint density at radius 1 is 0.545 bits per heavy atom. The van der Waals surface area contributed by atoms with E-state index < -0.39 is 32.5 Å². The molecule has 0 radical (unpaired) electrons. The van der Waals surface area contributed by atoms with Gasteiger partial charge in [0.25, 0.3) is 0 Å². The van der Waals surface area contributed by atoms with Crippen molar-refractivity contribution in [2.75, 3.05) is 26.4 Å². The molecule has 1 unspecified atom stereocenters. The summed E-state index contributed by atoms with van der Waals surface area (Å²) >= 11 is 0. The topological polar surface area (TPSA) is 134 Å². The zero-order chi connectivity index (χ0) is 40.3. The minimum atomic E-state index is -4.38. The Bertz CT molecular complexity index is 1000. The van der Waals surface area contributed by atoms with E-state index in [0.29, 0.717) is 6.42 Å². The molecule has 0 rings (SSSR count). The van der Waals surface area contributed by atoms with Crippen molar-refractivity contribution in [2.45, 2.75) is 213 Å². The number of esters is 2.